The third-order valence-corrected chi connectivity index (χ3v) is 7.28. The van der Waals surface area contributed by atoms with Crippen molar-refractivity contribution in [3.05, 3.63) is 64.2 Å². The topological polar surface area (TPSA) is 67.6 Å². The van der Waals surface area contributed by atoms with E-state index in [2.05, 4.69) is 0 Å². The maximum absolute atomic E-state index is 13.4. The number of aliphatic hydroxyl groups is 1. The van der Waals surface area contributed by atoms with Crippen molar-refractivity contribution in [1.82, 2.24) is 4.90 Å². The number of carbonyl (C=O) groups is 1. The molecule has 174 valence electrons. The van der Waals surface area contributed by atoms with E-state index in [1.54, 1.807) is 17.0 Å². The minimum absolute atomic E-state index is 0.0725. The van der Waals surface area contributed by atoms with Crippen LogP contribution in [0, 0.1) is 36.5 Å². The molecule has 0 radical (unpaired) electrons. The molecule has 2 heterocycles. The van der Waals surface area contributed by atoms with E-state index < -0.39 is 22.7 Å². The average molecular weight is 457 g/mol. The lowest BCUT2D eigenvalue weighted by molar-refractivity contribution is -0.137. The molecule has 2 aliphatic rings. The smallest absolute Gasteiger partial charge is 0.396 e. The molecule has 0 unspecified atom stereocenters. The molecule has 2 aromatic rings. The SMILES string of the molecule is Cc1ccc(C(=O)N2C[C@H]3CN(c4ccc(C#N)c(C(F)(F)F)c4)CC[C@@]3(CO)C2)cc1C. The molecule has 1 N–H and O–H groups in total. The predicted molar refractivity (Wildman–Crippen MR) is 118 cm³/mol. The number of piperidine rings is 1. The number of aliphatic hydroxyl groups excluding tert-OH is 1. The molecule has 0 aromatic heterocycles. The fourth-order valence-corrected chi connectivity index (χ4v) is 5.05. The van der Waals surface area contributed by atoms with Gasteiger partial charge < -0.3 is 14.9 Å². The Morgan fingerprint density at radius 1 is 1.18 bits per heavy atom. The Balaban J connectivity index is 1.57. The molecule has 2 aromatic carbocycles. The monoisotopic (exact) mass is 457 g/mol. The molecule has 2 aliphatic heterocycles. The van der Waals surface area contributed by atoms with Crippen molar-refractivity contribution in [3.63, 3.8) is 0 Å². The van der Waals surface area contributed by atoms with Gasteiger partial charge in [-0.3, -0.25) is 4.79 Å². The molecule has 2 saturated heterocycles. The maximum atomic E-state index is 13.4. The second-order valence-corrected chi connectivity index (χ2v) is 9.24. The molecule has 0 bridgehead atoms. The van der Waals surface area contributed by atoms with E-state index >= 15 is 0 Å². The summed E-state index contributed by atoms with van der Waals surface area (Å²) in [6.07, 6.45) is -4.05. The van der Waals surface area contributed by atoms with Crippen LogP contribution in [0.15, 0.2) is 36.4 Å². The lowest BCUT2D eigenvalue weighted by atomic mass is 9.73. The van der Waals surface area contributed by atoms with Crippen LogP contribution in [0.1, 0.15) is 39.0 Å². The van der Waals surface area contributed by atoms with Gasteiger partial charge in [0.1, 0.15) is 0 Å². The number of benzene rings is 2. The van der Waals surface area contributed by atoms with Crippen molar-refractivity contribution in [3.8, 4) is 6.07 Å². The number of carbonyl (C=O) groups excluding carboxylic acids is 1. The van der Waals surface area contributed by atoms with Crippen molar-refractivity contribution < 1.29 is 23.1 Å². The molecule has 2 fully saturated rings. The number of aryl methyl sites for hydroxylation is 2. The molecule has 0 aliphatic carbocycles. The molecule has 0 spiro atoms. The summed E-state index contributed by atoms with van der Waals surface area (Å²) in [5.41, 5.74) is 1.31. The first-order chi connectivity index (χ1) is 15.6. The summed E-state index contributed by atoms with van der Waals surface area (Å²) >= 11 is 0. The van der Waals surface area contributed by atoms with Crippen molar-refractivity contribution in [2.24, 2.45) is 11.3 Å². The number of likely N-dealkylation sites (tertiary alicyclic amines) is 1. The van der Waals surface area contributed by atoms with Gasteiger partial charge >= 0.3 is 6.18 Å². The zero-order valence-electron chi connectivity index (χ0n) is 18.6. The van der Waals surface area contributed by atoms with Crippen molar-refractivity contribution >= 4 is 11.6 Å². The highest BCUT2D eigenvalue weighted by Crippen LogP contribution is 2.44. The Morgan fingerprint density at radius 2 is 1.94 bits per heavy atom. The molecular weight excluding hydrogens is 431 g/mol. The summed E-state index contributed by atoms with van der Waals surface area (Å²) in [6.45, 7) is 5.61. The van der Waals surface area contributed by atoms with E-state index in [4.69, 9.17) is 5.26 Å². The zero-order chi connectivity index (χ0) is 24.0. The van der Waals surface area contributed by atoms with Gasteiger partial charge in [0.05, 0.1) is 23.8 Å². The predicted octanol–water partition coefficient (Wildman–Crippen LogP) is 4.15. The highest BCUT2D eigenvalue weighted by atomic mass is 19.4. The molecule has 0 saturated carbocycles. The lowest BCUT2D eigenvalue weighted by Gasteiger charge is -2.43. The van der Waals surface area contributed by atoms with Crippen LogP contribution in [0.4, 0.5) is 18.9 Å². The number of amides is 1. The number of halogens is 3. The first-order valence-corrected chi connectivity index (χ1v) is 10.9. The van der Waals surface area contributed by atoms with Crippen LogP contribution in [-0.2, 0) is 6.18 Å². The normalized spacial score (nSPS) is 22.8. The number of alkyl halides is 3. The molecule has 4 rings (SSSR count). The number of fused-ring (bicyclic) bond motifs is 1. The largest absolute Gasteiger partial charge is 0.417 e. The third kappa shape index (κ3) is 4.18. The fraction of sp³-hybridized carbons (Fsp3) is 0.440. The highest BCUT2D eigenvalue weighted by molar-refractivity contribution is 5.94. The molecular formula is C25H26F3N3O2. The minimum atomic E-state index is -4.62. The Morgan fingerprint density at radius 3 is 2.58 bits per heavy atom. The van der Waals surface area contributed by atoms with Gasteiger partial charge in [0, 0.05) is 48.8 Å². The number of anilines is 1. The molecule has 1 amide bonds. The van der Waals surface area contributed by atoms with Crippen LogP contribution in [0.3, 0.4) is 0 Å². The minimum Gasteiger partial charge on any atom is -0.396 e. The van der Waals surface area contributed by atoms with Gasteiger partial charge in [-0.05, 0) is 61.7 Å². The van der Waals surface area contributed by atoms with Gasteiger partial charge in [-0.25, -0.2) is 0 Å². The summed E-state index contributed by atoms with van der Waals surface area (Å²) in [7, 11) is 0. The summed E-state index contributed by atoms with van der Waals surface area (Å²) in [4.78, 5) is 16.8. The van der Waals surface area contributed by atoms with Gasteiger partial charge in [0.25, 0.3) is 5.91 Å². The van der Waals surface area contributed by atoms with Gasteiger partial charge in [0.2, 0.25) is 0 Å². The zero-order valence-corrected chi connectivity index (χ0v) is 18.6. The van der Waals surface area contributed by atoms with Gasteiger partial charge in [-0.1, -0.05) is 6.07 Å². The number of rotatable bonds is 3. The Labute approximate surface area is 191 Å². The van der Waals surface area contributed by atoms with Crippen LogP contribution in [0.2, 0.25) is 0 Å². The quantitative estimate of drug-likeness (QED) is 0.752. The van der Waals surface area contributed by atoms with Crippen LogP contribution in [-0.4, -0.2) is 48.7 Å². The van der Waals surface area contributed by atoms with Crippen molar-refractivity contribution in [1.29, 1.82) is 5.26 Å². The summed E-state index contributed by atoms with van der Waals surface area (Å²) in [5.74, 6) is -0.165. The Hall–Kier alpha value is -3.05. The van der Waals surface area contributed by atoms with Crippen LogP contribution >= 0.6 is 0 Å². The Kier molecular flexibility index (Phi) is 5.87. The molecule has 5 nitrogen and oxygen atoms in total. The summed E-state index contributed by atoms with van der Waals surface area (Å²) in [6, 6.07) is 11.0. The van der Waals surface area contributed by atoms with Crippen molar-refractivity contribution in [2.75, 3.05) is 37.7 Å². The van der Waals surface area contributed by atoms with Gasteiger partial charge in [-0.15, -0.1) is 0 Å². The number of hydrogen-bond donors (Lipinski definition) is 1. The summed E-state index contributed by atoms with van der Waals surface area (Å²) in [5, 5.41) is 19.3. The van der Waals surface area contributed by atoms with Gasteiger partial charge in [0.15, 0.2) is 0 Å². The first kappa shape index (κ1) is 23.1. The average Bonchev–Trinajstić information content (AvgIpc) is 3.18. The van der Waals surface area contributed by atoms with Gasteiger partial charge in [-0.2, -0.15) is 18.4 Å². The fourth-order valence-electron chi connectivity index (χ4n) is 5.05. The molecule has 33 heavy (non-hydrogen) atoms. The molecule has 8 heteroatoms. The van der Waals surface area contributed by atoms with Crippen molar-refractivity contribution in [2.45, 2.75) is 26.4 Å². The standard InChI is InChI=1S/C25H26F3N3O2/c1-16-3-4-18(9-17(16)2)23(33)31-13-20-12-30(8-7-24(20,14-31)15-32)21-6-5-19(11-29)22(10-21)25(26,27)28/h3-6,9-10,20,32H,7-8,12-15H2,1-2H3/t20-,24+/m1/s1. The van der Waals surface area contributed by atoms with Crippen LogP contribution in [0.5, 0.6) is 0 Å². The lowest BCUT2D eigenvalue weighted by Crippen LogP contribution is -2.49. The van der Waals surface area contributed by atoms with E-state index in [1.807, 2.05) is 30.9 Å². The summed E-state index contributed by atoms with van der Waals surface area (Å²) < 4.78 is 40.3. The van der Waals surface area contributed by atoms with E-state index in [9.17, 15) is 23.1 Å². The first-order valence-electron chi connectivity index (χ1n) is 10.9. The van der Waals surface area contributed by atoms with E-state index in [0.29, 0.717) is 43.9 Å². The van der Waals surface area contributed by atoms with Crippen LogP contribution < -0.4 is 4.90 Å². The second-order valence-electron chi connectivity index (χ2n) is 9.24. The van der Waals surface area contributed by atoms with Crippen LogP contribution in [0.25, 0.3) is 0 Å². The van der Waals surface area contributed by atoms with E-state index in [1.165, 1.54) is 12.1 Å². The Bertz CT molecular complexity index is 1120. The molecule has 2 atom stereocenters. The third-order valence-electron chi connectivity index (χ3n) is 7.28. The second kappa shape index (κ2) is 8.38. The number of hydrogen-bond acceptors (Lipinski definition) is 4. The van der Waals surface area contributed by atoms with E-state index in [0.717, 1.165) is 17.2 Å². The number of nitriles is 1. The van der Waals surface area contributed by atoms with E-state index in [-0.39, 0.29) is 18.4 Å². The maximum Gasteiger partial charge on any atom is 0.417 e. The highest BCUT2D eigenvalue weighted by Gasteiger charge is 2.50. The number of nitrogens with zero attached hydrogens (tertiary/aromatic N) is 3.